The van der Waals surface area contributed by atoms with Crippen LogP contribution in [0.15, 0.2) is 223 Å². The van der Waals surface area contributed by atoms with Crippen molar-refractivity contribution in [3.8, 4) is 27.9 Å². The van der Waals surface area contributed by atoms with E-state index in [0.29, 0.717) is 0 Å². The van der Waals surface area contributed by atoms with Gasteiger partial charge in [0.05, 0.1) is 16.7 Å². The molecule has 13 rings (SSSR count). The molecule has 290 valence electrons. The second-order valence-corrected chi connectivity index (χ2v) is 17.2. The van der Waals surface area contributed by atoms with Crippen LogP contribution >= 0.6 is 11.3 Å². The predicted octanol–water partition coefficient (Wildman–Crippen LogP) is 17.0. The van der Waals surface area contributed by atoms with Gasteiger partial charge in [-0.15, -0.1) is 11.3 Å². The number of nitrogens with zero attached hydrogens (tertiary/aromatic N) is 2. The van der Waals surface area contributed by atoms with Gasteiger partial charge in [-0.25, -0.2) is 0 Å². The Labute approximate surface area is 361 Å². The van der Waals surface area contributed by atoms with Crippen molar-refractivity contribution < 1.29 is 4.42 Å². The lowest BCUT2D eigenvalue weighted by atomic mass is 9.99. The van der Waals surface area contributed by atoms with Crippen molar-refractivity contribution in [2.45, 2.75) is 0 Å². The van der Waals surface area contributed by atoms with E-state index in [1.54, 1.807) is 0 Å². The smallest absolute Gasteiger partial charge is 0.143 e. The first-order valence-corrected chi connectivity index (χ1v) is 21.9. The zero-order chi connectivity index (χ0) is 40.7. The van der Waals surface area contributed by atoms with Crippen LogP contribution in [0.2, 0.25) is 0 Å². The van der Waals surface area contributed by atoms with Gasteiger partial charge in [-0.05, 0) is 101 Å². The minimum atomic E-state index is 0.874. The van der Waals surface area contributed by atoms with Gasteiger partial charge in [0.2, 0.25) is 0 Å². The van der Waals surface area contributed by atoms with Crippen LogP contribution in [0.1, 0.15) is 0 Å². The van der Waals surface area contributed by atoms with E-state index < -0.39 is 0 Å². The lowest BCUT2D eigenvalue weighted by Crippen LogP contribution is -2.10. The number of rotatable bonds is 6. The van der Waals surface area contributed by atoms with Gasteiger partial charge in [-0.1, -0.05) is 140 Å². The van der Waals surface area contributed by atoms with Crippen LogP contribution in [0, 0.1) is 0 Å². The van der Waals surface area contributed by atoms with E-state index in [0.717, 1.165) is 55.8 Å². The van der Waals surface area contributed by atoms with Gasteiger partial charge in [-0.3, -0.25) is 0 Å². The molecule has 4 heteroatoms. The highest BCUT2D eigenvalue weighted by Gasteiger charge is 2.22. The van der Waals surface area contributed by atoms with Gasteiger partial charge < -0.3 is 13.9 Å². The molecule has 3 aromatic heterocycles. The molecule has 0 bridgehead atoms. The van der Waals surface area contributed by atoms with Gasteiger partial charge in [0, 0.05) is 69.7 Å². The predicted molar refractivity (Wildman–Crippen MR) is 264 cm³/mol. The number of anilines is 3. The first kappa shape index (κ1) is 34.9. The molecule has 0 aliphatic carbocycles. The third-order valence-electron chi connectivity index (χ3n) is 12.6. The Morgan fingerprint density at radius 2 is 1.00 bits per heavy atom. The van der Waals surface area contributed by atoms with Crippen molar-refractivity contribution in [3.05, 3.63) is 218 Å². The molecule has 62 heavy (non-hydrogen) atoms. The Hall–Kier alpha value is -7.92. The number of para-hydroxylation sites is 3. The SMILES string of the molecule is c1ccc2c(N(c3ccc(-c4ccc5sc6ccccc6c5c4)cc3)c3cc(-c4ccc(-n5c6ccccc6c6ccccc65)cc4)c4oc5ccccc5c4c3)cccc2c1. The van der Waals surface area contributed by atoms with Crippen LogP contribution in [-0.4, -0.2) is 4.57 Å². The Morgan fingerprint density at radius 3 is 1.79 bits per heavy atom. The van der Waals surface area contributed by atoms with Crippen LogP contribution in [-0.2, 0) is 0 Å². The fourth-order valence-corrected chi connectivity index (χ4v) is 10.8. The molecule has 0 aliphatic heterocycles. The van der Waals surface area contributed by atoms with Crippen molar-refractivity contribution in [1.29, 1.82) is 0 Å². The summed E-state index contributed by atoms with van der Waals surface area (Å²) >= 11 is 1.86. The quantitative estimate of drug-likeness (QED) is 0.167. The van der Waals surface area contributed by atoms with Gasteiger partial charge >= 0.3 is 0 Å². The normalized spacial score (nSPS) is 11.9. The molecule has 0 saturated carbocycles. The topological polar surface area (TPSA) is 21.3 Å². The molecule has 3 nitrogen and oxygen atoms in total. The summed E-state index contributed by atoms with van der Waals surface area (Å²) in [5.41, 5.74) is 13.0. The Morgan fingerprint density at radius 1 is 0.387 bits per heavy atom. The van der Waals surface area contributed by atoms with Gasteiger partial charge in [0.15, 0.2) is 0 Å². The van der Waals surface area contributed by atoms with Crippen molar-refractivity contribution in [2.24, 2.45) is 0 Å². The van der Waals surface area contributed by atoms with Crippen LogP contribution < -0.4 is 4.90 Å². The number of aromatic nitrogens is 1. The molecule has 0 atom stereocenters. The summed E-state index contributed by atoms with van der Waals surface area (Å²) in [6, 6.07) is 79.3. The number of benzene rings is 10. The van der Waals surface area contributed by atoms with Crippen LogP contribution in [0.25, 0.3) is 103 Å². The first-order valence-electron chi connectivity index (χ1n) is 21.1. The van der Waals surface area contributed by atoms with Gasteiger partial charge in [-0.2, -0.15) is 0 Å². The van der Waals surface area contributed by atoms with E-state index in [1.165, 1.54) is 63.9 Å². The second-order valence-electron chi connectivity index (χ2n) is 16.1. The minimum absolute atomic E-state index is 0.874. The maximum atomic E-state index is 6.77. The summed E-state index contributed by atoms with van der Waals surface area (Å²) in [5.74, 6) is 0. The Kier molecular flexibility index (Phi) is 7.78. The summed E-state index contributed by atoms with van der Waals surface area (Å²) in [7, 11) is 0. The number of hydrogen-bond acceptors (Lipinski definition) is 3. The largest absolute Gasteiger partial charge is 0.455 e. The minimum Gasteiger partial charge on any atom is -0.455 e. The van der Waals surface area contributed by atoms with Crippen LogP contribution in [0.5, 0.6) is 0 Å². The number of furan rings is 1. The summed E-state index contributed by atoms with van der Waals surface area (Å²) in [4.78, 5) is 2.42. The van der Waals surface area contributed by atoms with Crippen LogP contribution in [0.3, 0.4) is 0 Å². The highest BCUT2D eigenvalue weighted by molar-refractivity contribution is 7.25. The zero-order valence-electron chi connectivity index (χ0n) is 33.5. The molecule has 0 amide bonds. The van der Waals surface area contributed by atoms with Crippen molar-refractivity contribution in [3.63, 3.8) is 0 Å². The molecule has 10 aromatic carbocycles. The summed E-state index contributed by atoms with van der Waals surface area (Å²) in [6.07, 6.45) is 0. The van der Waals surface area contributed by atoms with E-state index in [-0.39, 0.29) is 0 Å². The summed E-state index contributed by atoms with van der Waals surface area (Å²) < 4.78 is 11.8. The molecule has 13 aromatic rings. The highest BCUT2D eigenvalue weighted by atomic mass is 32.1. The lowest BCUT2D eigenvalue weighted by molar-refractivity contribution is 0.670. The molecule has 0 N–H and O–H groups in total. The van der Waals surface area contributed by atoms with Gasteiger partial charge in [0.1, 0.15) is 11.2 Å². The molecule has 0 unspecified atom stereocenters. The average molecular weight is 809 g/mol. The lowest BCUT2D eigenvalue weighted by Gasteiger charge is -2.28. The molecule has 0 fully saturated rings. The molecular formula is C58H36N2OS. The highest BCUT2D eigenvalue weighted by Crippen LogP contribution is 2.46. The Bertz CT molecular complexity index is 3810. The molecule has 3 heterocycles. The maximum Gasteiger partial charge on any atom is 0.143 e. The zero-order valence-corrected chi connectivity index (χ0v) is 34.3. The van der Waals surface area contributed by atoms with Crippen molar-refractivity contribution in [1.82, 2.24) is 4.57 Å². The second kappa shape index (κ2) is 13.8. The van der Waals surface area contributed by atoms with E-state index >= 15 is 0 Å². The fourth-order valence-electron chi connectivity index (χ4n) is 9.69. The number of fused-ring (bicyclic) bond motifs is 10. The number of hydrogen-bond donors (Lipinski definition) is 0. The monoisotopic (exact) mass is 808 g/mol. The average Bonchev–Trinajstić information content (AvgIpc) is 4.01. The molecular weight excluding hydrogens is 773 g/mol. The summed E-state index contributed by atoms with van der Waals surface area (Å²) in [5, 5.41) is 9.68. The standard InChI is InChI=1S/C58H36N2OS/c1-2-14-44-38(12-1)13-11-21-52(44)59(41-29-24-37(25-30-41)40-28-33-57-50(34-40)48-18-6-10-23-56(48)62-57)43-35-49(58-51(36-43)47-17-5-9-22-55(47)61-58)39-26-31-42(32-27-39)60-53-19-7-3-15-45(53)46-16-4-8-20-54(46)60/h1-36H. The third kappa shape index (κ3) is 5.44. The van der Waals surface area contributed by atoms with E-state index in [4.69, 9.17) is 4.42 Å². The summed E-state index contributed by atoms with van der Waals surface area (Å²) in [6.45, 7) is 0. The van der Waals surface area contributed by atoms with Crippen molar-refractivity contribution in [2.75, 3.05) is 4.90 Å². The molecule has 0 spiro atoms. The third-order valence-corrected chi connectivity index (χ3v) is 13.7. The molecule has 0 aliphatic rings. The van der Waals surface area contributed by atoms with Gasteiger partial charge in [0.25, 0.3) is 0 Å². The molecule has 0 radical (unpaired) electrons. The van der Waals surface area contributed by atoms with E-state index in [1.807, 2.05) is 17.4 Å². The molecule has 0 saturated heterocycles. The van der Waals surface area contributed by atoms with Crippen molar-refractivity contribution >= 4 is 103 Å². The Balaban J connectivity index is 0.992. The van der Waals surface area contributed by atoms with E-state index in [2.05, 4.69) is 222 Å². The maximum absolute atomic E-state index is 6.77. The van der Waals surface area contributed by atoms with E-state index in [9.17, 15) is 0 Å². The number of thiophene rings is 1. The first-order chi connectivity index (χ1) is 30.7. The fraction of sp³-hybridized carbons (Fsp3) is 0. The van der Waals surface area contributed by atoms with Crippen LogP contribution in [0.4, 0.5) is 17.1 Å².